The highest BCUT2D eigenvalue weighted by molar-refractivity contribution is 7.83. The van der Waals surface area contributed by atoms with Crippen LogP contribution in [0.4, 0.5) is 0 Å². The molecule has 1 rings (SSSR count). The average Bonchev–Trinajstić information content (AvgIpc) is 2.17. The van der Waals surface area contributed by atoms with Crippen molar-refractivity contribution in [2.75, 3.05) is 0 Å². The van der Waals surface area contributed by atoms with Crippen LogP contribution in [0.3, 0.4) is 0 Å². The molecule has 15 heavy (non-hydrogen) atoms. The van der Waals surface area contributed by atoms with Gasteiger partial charge in [0.05, 0.1) is 0 Å². The zero-order valence-electron chi connectivity index (χ0n) is 7.49. The highest BCUT2D eigenvalue weighted by atomic mass is 32.2. The molecule has 0 aliphatic heterocycles. The number of benzene rings is 1. The van der Waals surface area contributed by atoms with Crippen LogP contribution in [0.5, 0.6) is 0 Å². The number of amides is 1. The zero-order valence-corrected chi connectivity index (χ0v) is 8.31. The van der Waals surface area contributed by atoms with E-state index >= 15 is 0 Å². The van der Waals surface area contributed by atoms with Crippen LogP contribution in [0.2, 0.25) is 0 Å². The molecule has 0 aliphatic rings. The van der Waals surface area contributed by atoms with Crippen molar-refractivity contribution in [3.8, 4) is 0 Å². The fourth-order valence-electron chi connectivity index (χ4n) is 0.812. The van der Waals surface area contributed by atoms with Gasteiger partial charge in [-0.2, -0.15) is 8.42 Å². The second kappa shape index (κ2) is 4.36. The Morgan fingerprint density at radius 3 is 2.33 bits per heavy atom. The van der Waals surface area contributed by atoms with E-state index in [-0.39, 0.29) is 10.1 Å². The van der Waals surface area contributed by atoms with Crippen molar-refractivity contribution in [3.63, 3.8) is 0 Å². The van der Waals surface area contributed by atoms with E-state index in [9.17, 15) is 13.2 Å². The lowest BCUT2D eigenvalue weighted by Gasteiger charge is -2.12. The predicted molar refractivity (Wildman–Crippen MR) is 51.5 cm³/mol. The van der Waals surface area contributed by atoms with Crippen molar-refractivity contribution in [1.82, 2.24) is 9.95 Å². The molecule has 8 heteroatoms. The van der Waals surface area contributed by atoms with Crippen LogP contribution < -0.4 is 11.3 Å². The highest BCUT2D eigenvalue weighted by Crippen LogP contribution is 1.98. The second-order valence-corrected chi connectivity index (χ2v) is 3.87. The number of carbonyl (C=O) groups excluding carboxylic acids is 1. The van der Waals surface area contributed by atoms with Gasteiger partial charge < -0.3 is 0 Å². The number of nitrogens with one attached hydrogen (secondary N) is 1. The molecule has 0 heterocycles. The molecule has 1 aromatic carbocycles. The molecule has 0 saturated carbocycles. The van der Waals surface area contributed by atoms with Crippen LogP contribution in [0.25, 0.3) is 0 Å². The molecule has 0 fully saturated rings. The van der Waals surface area contributed by atoms with Crippen LogP contribution in [-0.2, 0) is 10.3 Å². The first-order chi connectivity index (χ1) is 6.91. The van der Waals surface area contributed by atoms with Crippen molar-refractivity contribution in [2.24, 2.45) is 5.84 Å². The summed E-state index contributed by atoms with van der Waals surface area (Å²) >= 11 is 0. The first-order valence-corrected chi connectivity index (χ1v) is 5.19. The summed E-state index contributed by atoms with van der Waals surface area (Å²) in [6, 6.07) is 7.83. The van der Waals surface area contributed by atoms with E-state index in [4.69, 9.17) is 10.4 Å². The van der Waals surface area contributed by atoms with Gasteiger partial charge in [0.2, 0.25) is 0 Å². The lowest BCUT2D eigenvalue weighted by atomic mass is 10.2. The summed E-state index contributed by atoms with van der Waals surface area (Å²) < 4.78 is 29.2. The predicted octanol–water partition coefficient (Wildman–Crippen LogP) is -0.690. The van der Waals surface area contributed by atoms with E-state index in [0.717, 1.165) is 0 Å². The number of hydrogen-bond acceptors (Lipinski definition) is 4. The van der Waals surface area contributed by atoms with Crippen LogP contribution in [0.15, 0.2) is 30.3 Å². The van der Waals surface area contributed by atoms with Crippen molar-refractivity contribution >= 4 is 16.2 Å². The molecule has 0 spiro atoms. The van der Waals surface area contributed by atoms with E-state index < -0.39 is 16.2 Å². The van der Waals surface area contributed by atoms with Gasteiger partial charge in [0, 0.05) is 5.56 Å². The molecule has 0 aromatic heterocycles. The van der Waals surface area contributed by atoms with Crippen LogP contribution >= 0.6 is 0 Å². The molecule has 0 saturated heterocycles. The van der Waals surface area contributed by atoms with Crippen LogP contribution in [0, 0.1) is 0 Å². The molecular weight excluding hydrogens is 222 g/mol. The Bertz CT molecular complexity index is 445. The maximum Gasteiger partial charge on any atom is 0.366 e. The fourth-order valence-corrected chi connectivity index (χ4v) is 1.01. The van der Waals surface area contributed by atoms with Gasteiger partial charge in [0.1, 0.15) is 0 Å². The number of nitrogens with two attached hydrogens (primary N) is 1. The molecule has 1 amide bonds. The monoisotopic (exact) mass is 231 g/mol. The van der Waals surface area contributed by atoms with Gasteiger partial charge in [-0.05, 0) is 16.7 Å². The third kappa shape index (κ3) is 3.29. The summed E-state index contributed by atoms with van der Waals surface area (Å²) in [7, 11) is -4.63. The zero-order chi connectivity index (χ0) is 11.5. The lowest BCUT2D eigenvalue weighted by molar-refractivity contribution is 0.0871. The summed E-state index contributed by atoms with van der Waals surface area (Å²) in [5.74, 6) is 4.11. The van der Waals surface area contributed by atoms with Crippen molar-refractivity contribution < 1.29 is 17.8 Å². The minimum absolute atomic E-state index is 0.164. The first-order valence-electron chi connectivity index (χ1n) is 3.80. The van der Waals surface area contributed by atoms with Gasteiger partial charge >= 0.3 is 10.3 Å². The third-order valence-corrected chi connectivity index (χ3v) is 2.08. The molecule has 0 aliphatic carbocycles. The Labute approximate surface area is 86.3 Å². The van der Waals surface area contributed by atoms with Gasteiger partial charge in [0.15, 0.2) is 0 Å². The van der Waals surface area contributed by atoms with E-state index in [1.54, 1.807) is 23.6 Å². The largest absolute Gasteiger partial charge is 0.366 e. The van der Waals surface area contributed by atoms with Gasteiger partial charge in [-0.15, -0.1) is 0 Å². The Balaban J connectivity index is 2.74. The van der Waals surface area contributed by atoms with Gasteiger partial charge in [-0.1, -0.05) is 18.2 Å². The number of nitrogens with zero attached hydrogens (tertiary/aromatic N) is 1. The topological polar surface area (TPSA) is 113 Å². The molecule has 0 atom stereocenters. The van der Waals surface area contributed by atoms with E-state index in [0.29, 0.717) is 0 Å². The van der Waals surface area contributed by atoms with Crippen molar-refractivity contribution in [3.05, 3.63) is 35.9 Å². The molecule has 82 valence electrons. The molecular formula is C7H9N3O4S. The Hall–Kier alpha value is -1.48. The van der Waals surface area contributed by atoms with E-state index in [1.165, 1.54) is 12.1 Å². The fraction of sp³-hybridized carbons (Fsp3) is 0. The number of hydrazine groups is 2. The maximum absolute atomic E-state index is 11.3. The average molecular weight is 231 g/mol. The highest BCUT2D eigenvalue weighted by Gasteiger charge is 2.17. The van der Waals surface area contributed by atoms with Gasteiger partial charge in [0.25, 0.3) is 5.91 Å². The van der Waals surface area contributed by atoms with Crippen LogP contribution in [0.1, 0.15) is 10.4 Å². The normalized spacial score (nSPS) is 11.4. The van der Waals surface area contributed by atoms with Crippen LogP contribution in [-0.4, -0.2) is 23.4 Å². The minimum Gasteiger partial charge on any atom is -0.271 e. The van der Waals surface area contributed by atoms with Crippen molar-refractivity contribution in [2.45, 2.75) is 0 Å². The standard InChI is InChI=1S/C7H9N3O4S/c8-10(15(12,13)14)9-7(11)6-4-2-1-3-5-6/h1-5H,8H2,(H,9,11)(H,12,13,14). The van der Waals surface area contributed by atoms with Gasteiger partial charge in [-0.25, -0.2) is 5.84 Å². The Morgan fingerprint density at radius 2 is 1.87 bits per heavy atom. The third-order valence-electron chi connectivity index (χ3n) is 1.50. The van der Waals surface area contributed by atoms with Gasteiger partial charge in [-0.3, -0.25) is 14.8 Å². The minimum atomic E-state index is -4.63. The summed E-state index contributed by atoms with van der Waals surface area (Å²) in [6.07, 6.45) is 0. The maximum atomic E-state index is 11.3. The second-order valence-electron chi connectivity index (χ2n) is 2.58. The van der Waals surface area contributed by atoms with Crippen molar-refractivity contribution in [1.29, 1.82) is 0 Å². The summed E-state index contributed by atoms with van der Waals surface area (Å²) in [5, 5.41) is 0. The summed E-state index contributed by atoms with van der Waals surface area (Å²) in [6.45, 7) is 0. The summed E-state index contributed by atoms with van der Waals surface area (Å²) in [5.41, 5.74) is 1.99. The molecule has 7 nitrogen and oxygen atoms in total. The number of rotatable bonds is 3. The molecule has 1 aromatic rings. The molecule has 4 N–H and O–H groups in total. The van der Waals surface area contributed by atoms with E-state index in [2.05, 4.69) is 0 Å². The molecule has 0 bridgehead atoms. The number of carbonyl (C=O) groups is 1. The molecule has 0 unspecified atom stereocenters. The lowest BCUT2D eigenvalue weighted by Crippen LogP contribution is -2.50. The summed E-state index contributed by atoms with van der Waals surface area (Å²) in [4.78, 5) is 11.3. The quantitative estimate of drug-likeness (QED) is 0.362. The SMILES string of the molecule is NN(NC(=O)c1ccccc1)S(=O)(=O)O. The Kier molecular flexibility index (Phi) is 3.37. The molecule has 0 radical (unpaired) electrons. The first kappa shape index (κ1) is 11.6. The van der Waals surface area contributed by atoms with E-state index in [1.807, 2.05) is 0 Å². The number of hydrogen-bond donors (Lipinski definition) is 3. The Morgan fingerprint density at radius 1 is 1.33 bits per heavy atom. The smallest absolute Gasteiger partial charge is 0.271 e.